The summed E-state index contributed by atoms with van der Waals surface area (Å²) < 4.78 is 1.81. The van der Waals surface area contributed by atoms with Gasteiger partial charge in [-0.3, -0.25) is 4.68 Å². The average Bonchev–Trinajstić information content (AvgIpc) is 2.84. The van der Waals surface area contributed by atoms with Crippen molar-refractivity contribution in [2.24, 2.45) is 0 Å². The largest absolute Gasteiger partial charge is 0.310 e. The van der Waals surface area contributed by atoms with Crippen LogP contribution in [-0.4, -0.2) is 26.3 Å². The Morgan fingerprint density at radius 3 is 3.13 bits per heavy atom. The molecule has 0 amide bonds. The predicted molar refractivity (Wildman–Crippen MR) is 58.6 cm³/mol. The number of thiazole rings is 1. The molecule has 0 bridgehead atoms. The Bertz CT molecular complexity index is 394. The Morgan fingerprint density at radius 2 is 2.47 bits per heavy atom. The SMILES string of the molecule is Cc1ncc(CNCCn2cncn2)s1. The second kappa shape index (κ2) is 4.99. The highest BCUT2D eigenvalue weighted by atomic mass is 32.1. The topological polar surface area (TPSA) is 55.6 Å². The minimum absolute atomic E-state index is 0.845. The number of rotatable bonds is 5. The first-order valence-corrected chi connectivity index (χ1v) is 5.60. The molecule has 0 radical (unpaired) electrons. The number of nitrogens with one attached hydrogen (secondary N) is 1. The average molecular weight is 223 g/mol. The van der Waals surface area contributed by atoms with Crippen molar-refractivity contribution in [2.75, 3.05) is 6.54 Å². The van der Waals surface area contributed by atoms with Gasteiger partial charge in [0.1, 0.15) is 12.7 Å². The van der Waals surface area contributed by atoms with Gasteiger partial charge in [-0.1, -0.05) is 0 Å². The Hall–Kier alpha value is -1.27. The highest BCUT2D eigenvalue weighted by molar-refractivity contribution is 7.11. The van der Waals surface area contributed by atoms with Crippen LogP contribution in [0.3, 0.4) is 0 Å². The Labute approximate surface area is 92.2 Å². The summed E-state index contributed by atoms with van der Waals surface area (Å²) in [6.45, 7) is 4.63. The van der Waals surface area contributed by atoms with Crippen LogP contribution in [0.1, 0.15) is 9.88 Å². The summed E-state index contributed by atoms with van der Waals surface area (Å²) in [7, 11) is 0. The van der Waals surface area contributed by atoms with Gasteiger partial charge in [0.15, 0.2) is 0 Å². The van der Waals surface area contributed by atoms with Gasteiger partial charge in [0.05, 0.1) is 11.6 Å². The van der Waals surface area contributed by atoms with E-state index in [4.69, 9.17) is 0 Å². The van der Waals surface area contributed by atoms with Crippen LogP contribution in [0.5, 0.6) is 0 Å². The lowest BCUT2D eigenvalue weighted by Gasteiger charge is -2.01. The third kappa shape index (κ3) is 3.10. The molecule has 2 heterocycles. The van der Waals surface area contributed by atoms with Crippen LogP contribution in [0.25, 0.3) is 0 Å². The molecule has 0 aliphatic heterocycles. The molecule has 6 heteroatoms. The molecule has 0 aliphatic carbocycles. The molecule has 5 nitrogen and oxygen atoms in total. The van der Waals surface area contributed by atoms with Crippen LogP contribution in [0.4, 0.5) is 0 Å². The van der Waals surface area contributed by atoms with Gasteiger partial charge < -0.3 is 5.32 Å². The molecular weight excluding hydrogens is 210 g/mol. The maximum Gasteiger partial charge on any atom is 0.137 e. The summed E-state index contributed by atoms with van der Waals surface area (Å²) in [5, 5.41) is 8.47. The van der Waals surface area contributed by atoms with E-state index in [1.807, 2.05) is 17.8 Å². The summed E-state index contributed by atoms with van der Waals surface area (Å²) in [5.41, 5.74) is 0. The number of aromatic nitrogens is 4. The summed E-state index contributed by atoms with van der Waals surface area (Å²) in [4.78, 5) is 9.34. The standard InChI is InChI=1S/C9H13N5S/c1-8-12-5-9(15-8)4-10-2-3-14-7-11-6-13-14/h5-7,10H,2-4H2,1H3. The quantitative estimate of drug-likeness (QED) is 0.763. The molecule has 2 aromatic rings. The van der Waals surface area contributed by atoms with Crippen LogP contribution < -0.4 is 5.32 Å². The van der Waals surface area contributed by atoms with Crippen molar-refractivity contribution in [1.82, 2.24) is 25.1 Å². The fourth-order valence-electron chi connectivity index (χ4n) is 1.24. The lowest BCUT2D eigenvalue weighted by atomic mass is 10.5. The van der Waals surface area contributed by atoms with Crippen molar-refractivity contribution >= 4 is 11.3 Å². The van der Waals surface area contributed by atoms with Crippen molar-refractivity contribution in [3.63, 3.8) is 0 Å². The van der Waals surface area contributed by atoms with Gasteiger partial charge in [0.25, 0.3) is 0 Å². The van der Waals surface area contributed by atoms with Crippen LogP contribution in [0, 0.1) is 6.92 Å². The van der Waals surface area contributed by atoms with E-state index >= 15 is 0 Å². The first-order valence-electron chi connectivity index (χ1n) is 4.79. The molecule has 15 heavy (non-hydrogen) atoms. The van der Waals surface area contributed by atoms with Crippen LogP contribution in [0.15, 0.2) is 18.9 Å². The van der Waals surface area contributed by atoms with Gasteiger partial charge in [-0.25, -0.2) is 9.97 Å². The predicted octanol–water partition coefficient (Wildman–Crippen LogP) is 0.833. The van der Waals surface area contributed by atoms with Crippen molar-refractivity contribution < 1.29 is 0 Å². The molecule has 0 aliphatic rings. The molecule has 0 saturated heterocycles. The molecule has 2 aromatic heterocycles. The molecule has 2 rings (SSSR count). The molecule has 1 N–H and O–H groups in total. The molecule has 0 aromatic carbocycles. The van der Waals surface area contributed by atoms with Crippen molar-refractivity contribution in [3.05, 3.63) is 28.7 Å². The molecule has 80 valence electrons. The maximum absolute atomic E-state index is 4.20. The zero-order valence-electron chi connectivity index (χ0n) is 8.55. The normalized spacial score (nSPS) is 10.7. The van der Waals surface area contributed by atoms with Crippen molar-refractivity contribution in [3.8, 4) is 0 Å². The van der Waals surface area contributed by atoms with E-state index in [-0.39, 0.29) is 0 Å². The number of hydrogen-bond acceptors (Lipinski definition) is 5. The smallest absolute Gasteiger partial charge is 0.137 e. The first kappa shape index (κ1) is 10.3. The highest BCUT2D eigenvalue weighted by Crippen LogP contribution is 2.10. The maximum atomic E-state index is 4.20. The summed E-state index contributed by atoms with van der Waals surface area (Å²) in [5.74, 6) is 0. The van der Waals surface area contributed by atoms with Gasteiger partial charge in [0, 0.05) is 24.2 Å². The van der Waals surface area contributed by atoms with E-state index in [0.29, 0.717) is 0 Å². The minimum Gasteiger partial charge on any atom is -0.310 e. The zero-order valence-corrected chi connectivity index (χ0v) is 9.37. The Morgan fingerprint density at radius 1 is 1.53 bits per heavy atom. The summed E-state index contributed by atoms with van der Waals surface area (Å²) in [6.07, 6.45) is 5.19. The molecular formula is C9H13N5S. The lowest BCUT2D eigenvalue weighted by Crippen LogP contribution is -2.19. The molecule has 0 fully saturated rings. The van der Waals surface area contributed by atoms with E-state index < -0.39 is 0 Å². The summed E-state index contributed by atoms with van der Waals surface area (Å²) in [6, 6.07) is 0. The van der Waals surface area contributed by atoms with Crippen molar-refractivity contribution in [1.29, 1.82) is 0 Å². The Balaban J connectivity index is 1.67. The molecule has 0 atom stereocenters. The van der Waals surface area contributed by atoms with E-state index in [1.165, 1.54) is 4.88 Å². The second-order valence-corrected chi connectivity index (χ2v) is 4.50. The molecule has 0 unspecified atom stereocenters. The van der Waals surface area contributed by atoms with Crippen LogP contribution >= 0.6 is 11.3 Å². The Kier molecular flexibility index (Phi) is 3.41. The first-order chi connectivity index (χ1) is 7.34. The lowest BCUT2D eigenvalue weighted by molar-refractivity contribution is 0.555. The van der Waals surface area contributed by atoms with Crippen LogP contribution in [-0.2, 0) is 13.1 Å². The van der Waals surface area contributed by atoms with E-state index in [2.05, 4.69) is 20.4 Å². The van der Waals surface area contributed by atoms with Gasteiger partial charge >= 0.3 is 0 Å². The van der Waals surface area contributed by atoms with Crippen molar-refractivity contribution in [2.45, 2.75) is 20.0 Å². The summed E-state index contributed by atoms with van der Waals surface area (Å²) >= 11 is 1.73. The van der Waals surface area contributed by atoms with E-state index in [0.717, 1.165) is 24.6 Å². The fourth-order valence-corrected chi connectivity index (χ4v) is 2.00. The third-order valence-electron chi connectivity index (χ3n) is 1.95. The van der Waals surface area contributed by atoms with E-state index in [1.54, 1.807) is 24.0 Å². The number of nitrogens with zero attached hydrogens (tertiary/aromatic N) is 4. The molecule has 0 saturated carbocycles. The van der Waals surface area contributed by atoms with Gasteiger partial charge in [-0.05, 0) is 6.92 Å². The van der Waals surface area contributed by atoms with Gasteiger partial charge in [0.2, 0.25) is 0 Å². The zero-order chi connectivity index (χ0) is 10.5. The highest BCUT2D eigenvalue weighted by Gasteiger charge is 1.97. The van der Waals surface area contributed by atoms with E-state index in [9.17, 15) is 0 Å². The number of aryl methyl sites for hydroxylation is 1. The minimum atomic E-state index is 0.845. The second-order valence-electron chi connectivity index (χ2n) is 3.18. The van der Waals surface area contributed by atoms with Crippen LogP contribution in [0.2, 0.25) is 0 Å². The monoisotopic (exact) mass is 223 g/mol. The third-order valence-corrected chi connectivity index (χ3v) is 2.87. The fraction of sp³-hybridized carbons (Fsp3) is 0.444. The number of hydrogen-bond donors (Lipinski definition) is 1. The molecule has 0 spiro atoms. The van der Waals surface area contributed by atoms with Gasteiger partial charge in [-0.15, -0.1) is 11.3 Å². The van der Waals surface area contributed by atoms with Gasteiger partial charge in [-0.2, -0.15) is 5.10 Å².